The number of ether oxygens (including phenoxy) is 3. The van der Waals surface area contributed by atoms with Gasteiger partial charge in [0.05, 0.1) is 24.9 Å². The number of fused-ring (bicyclic) bond motifs is 3. The average molecular weight is 784 g/mol. The Bertz CT molecular complexity index is 1870. The Morgan fingerprint density at radius 1 is 1.04 bits per heavy atom. The summed E-state index contributed by atoms with van der Waals surface area (Å²) < 4.78 is 45.4. The van der Waals surface area contributed by atoms with Crippen LogP contribution in [-0.2, 0) is 47.0 Å². The van der Waals surface area contributed by atoms with Crippen LogP contribution in [0.2, 0.25) is 0 Å². The van der Waals surface area contributed by atoms with Gasteiger partial charge in [-0.05, 0) is 67.9 Å². The van der Waals surface area contributed by atoms with E-state index in [1.54, 1.807) is 25.7 Å². The molecule has 1 aromatic rings. The maximum Gasteiger partial charge on any atom is 0.410 e. The van der Waals surface area contributed by atoms with Gasteiger partial charge in [0.15, 0.2) is 0 Å². The predicted molar refractivity (Wildman–Crippen MR) is 199 cm³/mol. The van der Waals surface area contributed by atoms with Gasteiger partial charge in [-0.15, -0.1) is 0 Å². The largest absolute Gasteiger partial charge is 0.489 e. The Kier molecular flexibility index (Phi) is 10.3. The molecule has 0 radical (unpaired) electrons. The van der Waals surface area contributed by atoms with Crippen molar-refractivity contribution in [3.05, 3.63) is 41.5 Å². The summed E-state index contributed by atoms with van der Waals surface area (Å²) in [5.74, 6) is -1.70. The molecule has 16 heteroatoms. The molecule has 1 aromatic carbocycles. The maximum atomic E-state index is 14.6. The van der Waals surface area contributed by atoms with Crippen LogP contribution in [0.1, 0.15) is 96.6 Å². The number of rotatable bonds is 6. The van der Waals surface area contributed by atoms with E-state index in [0.29, 0.717) is 38.2 Å². The molecular weight excluding hydrogens is 731 g/mol. The molecule has 3 aliphatic heterocycles. The molecule has 1 spiro atoms. The Labute approximate surface area is 322 Å². The molecule has 1 saturated heterocycles. The van der Waals surface area contributed by atoms with Gasteiger partial charge in [0.1, 0.15) is 36.1 Å². The van der Waals surface area contributed by atoms with Crippen LogP contribution in [0.5, 0.6) is 5.75 Å². The number of hydrogen-bond donors (Lipinski definition) is 3. The van der Waals surface area contributed by atoms with Crippen LogP contribution in [-0.4, -0.2) is 96.9 Å². The van der Waals surface area contributed by atoms with Crippen molar-refractivity contribution in [2.45, 2.75) is 128 Å². The highest BCUT2D eigenvalue weighted by Crippen LogP contribution is 2.50. The molecule has 0 aromatic heterocycles. The van der Waals surface area contributed by atoms with Crippen LogP contribution in [0.25, 0.3) is 0 Å². The monoisotopic (exact) mass is 783 g/mol. The van der Waals surface area contributed by atoms with Crippen molar-refractivity contribution in [1.82, 2.24) is 25.2 Å². The number of alkyl carbamates (subject to hydrolysis) is 1. The second kappa shape index (κ2) is 14.6. The van der Waals surface area contributed by atoms with Crippen LogP contribution >= 0.6 is 0 Å². The van der Waals surface area contributed by atoms with Gasteiger partial charge in [0.25, 0.3) is 5.91 Å². The van der Waals surface area contributed by atoms with Crippen molar-refractivity contribution in [2.24, 2.45) is 16.7 Å². The van der Waals surface area contributed by atoms with Gasteiger partial charge in [0.2, 0.25) is 21.8 Å². The van der Waals surface area contributed by atoms with Crippen molar-refractivity contribution < 1.29 is 46.6 Å². The van der Waals surface area contributed by atoms with Gasteiger partial charge in [-0.3, -0.25) is 24.0 Å². The molecule has 15 nitrogen and oxygen atoms in total. The summed E-state index contributed by atoms with van der Waals surface area (Å²) in [7, 11) is -3.89. The van der Waals surface area contributed by atoms with Crippen LogP contribution in [0.15, 0.2) is 30.4 Å². The van der Waals surface area contributed by atoms with E-state index in [2.05, 4.69) is 21.4 Å². The highest BCUT2D eigenvalue weighted by molar-refractivity contribution is 7.91. The topological polar surface area (TPSA) is 190 Å². The van der Waals surface area contributed by atoms with Crippen LogP contribution in [0, 0.1) is 16.7 Å². The first kappa shape index (κ1) is 38.9. The number of cyclic esters (lactones) is 1. The molecule has 5 atom stereocenters. The molecule has 4 fully saturated rings. The molecule has 3 N–H and O–H groups in total. The van der Waals surface area contributed by atoms with Crippen molar-refractivity contribution >= 4 is 39.9 Å². The molecule has 300 valence electrons. The molecule has 7 rings (SSSR count). The molecule has 5 amide bonds. The lowest BCUT2D eigenvalue weighted by molar-refractivity contribution is -0.143. The molecule has 3 heterocycles. The van der Waals surface area contributed by atoms with E-state index >= 15 is 0 Å². The SMILES string of the molecule is CC[C@H]1C[C@@]1(NC(=O)[C@@H]1C[C@@H]2CN1C(=O)[C@H](C(C)(C)C)NC(=O)OCC1(CCC=CCOc3cccc4c3CN(C4)C(=O)O2)CC1)C(=O)NS(=O)(=O)C1CC1. The van der Waals surface area contributed by atoms with E-state index in [4.69, 9.17) is 14.2 Å². The van der Waals surface area contributed by atoms with Gasteiger partial charge >= 0.3 is 12.2 Å². The summed E-state index contributed by atoms with van der Waals surface area (Å²) in [6.07, 6.45) is 6.78. The third-order valence-electron chi connectivity index (χ3n) is 12.0. The van der Waals surface area contributed by atoms with Crippen LogP contribution in [0.4, 0.5) is 9.59 Å². The van der Waals surface area contributed by atoms with Gasteiger partial charge in [-0.2, -0.15) is 0 Å². The van der Waals surface area contributed by atoms with Crippen LogP contribution in [0.3, 0.4) is 0 Å². The fraction of sp³-hybridized carbons (Fsp3) is 0.667. The van der Waals surface area contributed by atoms with Gasteiger partial charge in [-0.1, -0.05) is 58.4 Å². The predicted octanol–water partition coefficient (Wildman–Crippen LogP) is 3.65. The molecule has 0 unspecified atom stereocenters. The van der Waals surface area contributed by atoms with Crippen LogP contribution < -0.4 is 20.1 Å². The second-order valence-corrected chi connectivity index (χ2v) is 19.2. The fourth-order valence-corrected chi connectivity index (χ4v) is 9.46. The molecular formula is C39H53N5O10S. The summed E-state index contributed by atoms with van der Waals surface area (Å²) in [4.78, 5) is 72.2. The van der Waals surface area contributed by atoms with E-state index in [1.165, 1.54) is 4.90 Å². The number of nitrogens with zero attached hydrogens (tertiary/aromatic N) is 2. The molecule has 3 aliphatic carbocycles. The lowest BCUT2D eigenvalue weighted by atomic mass is 9.85. The number of benzene rings is 1. The summed E-state index contributed by atoms with van der Waals surface area (Å²) in [6.45, 7) is 8.17. The van der Waals surface area contributed by atoms with E-state index in [0.717, 1.165) is 36.8 Å². The van der Waals surface area contributed by atoms with Gasteiger partial charge in [0, 0.05) is 23.9 Å². The molecule has 55 heavy (non-hydrogen) atoms. The first-order chi connectivity index (χ1) is 26.0. The molecule has 4 bridgehead atoms. The zero-order valence-electron chi connectivity index (χ0n) is 32.1. The number of carbonyl (C=O) groups excluding carboxylic acids is 5. The minimum atomic E-state index is -3.89. The molecule has 3 saturated carbocycles. The van der Waals surface area contributed by atoms with Crippen molar-refractivity contribution in [2.75, 3.05) is 19.8 Å². The number of amides is 5. The molecule has 6 aliphatic rings. The summed E-state index contributed by atoms with van der Waals surface area (Å²) in [5.41, 5.74) is -0.613. The zero-order chi connectivity index (χ0) is 39.3. The second-order valence-electron chi connectivity index (χ2n) is 17.3. The number of carbonyl (C=O) groups is 5. The van der Waals surface area contributed by atoms with Crippen molar-refractivity contribution in [3.63, 3.8) is 0 Å². The number of nitrogens with one attached hydrogen (secondary N) is 3. The number of sulfonamides is 1. The third kappa shape index (κ3) is 8.29. The fourth-order valence-electron chi connectivity index (χ4n) is 8.09. The Morgan fingerprint density at radius 3 is 2.47 bits per heavy atom. The third-order valence-corrected chi connectivity index (χ3v) is 13.9. The summed E-state index contributed by atoms with van der Waals surface area (Å²) >= 11 is 0. The highest BCUT2D eigenvalue weighted by atomic mass is 32.2. The van der Waals surface area contributed by atoms with Crippen molar-refractivity contribution in [1.29, 1.82) is 0 Å². The first-order valence-electron chi connectivity index (χ1n) is 19.5. The zero-order valence-corrected chi connectivity index (χ0v) is 32.9. The highest BCUT2D eigenvalue weighted by Gasteiger charge is 2.62. The minimum Gasteiger partial charge on any atom is -0.489 e. The van der Waals surface area contributed by atoms with Crippen molar-refractivity contribution in [3.8, 4) is 5.75 Å². The lowest BCUT2D eigenvalue weighted by Crippen LogP contribution is -2.60. The quantitative estimate of drug-likeness (QED) is 0.359. The van der Waals surface area contributed by atoms with Gasteiger partial charge in [-0.25, -0.2) is 18.0 Å². The van der Waals surface area contributed by atoms with Gasteiger partial charge < -0.3 is 29.7 Å². The average Bonchev–Trinajstić information content (AvgIpc) is 4.08. The number of hydrogen-bond acceptors (Lipinski definition) is 10. The Hall–Kier alpha value is -4.34. The maximum absolute atomic E-state index is 14.6. The summed E-state index contributed by atoms with van der Waals surface area (Å²) in [5, 5.41) is 4.95. The van der Waals surface area contributed by atoms with E-state index in [9.17, 15) is 32.4 Å². The first-order valence-corrected chi connectivity index (χ1v) is 21.0. The van der Waals surface area contributed by atoms with E-state index < -0.39 is 74.3 Å². The Balaban J connectivity index is 1.15. The summed E-state index contributed by atoms with van der Waals surface area (Å²) in [6, 6.07) is 3.36. The minimum absolute atomic E-state index is 0.0799. The Morgan fingerprint density at radius 2 is 1.80 bits per heavy atom. The number of allylic oxidation sites excluding steroid dienone is 1. The smallest absolute Gasteiger partial charge is 0.410 e. The normalized spacial score (nSPS) is 29.6. The van der Waals surface area contributed by atoms with E-state index in [-0.39, 0.29) is 43.9 Å². The van der Waals surface area contributed by atoms with E-state index in [1.807, 2.05) is 31.2 Å². The lowest BCUT2D eigenvalue weighted by Gasteiger charge is -2.35. The standard InChI is InChI=1S/C39H53N5O10S/c1-5-25-19-39(25,34(47)42-55(50,51)27-12-13-27)41-32(45)29-18-26-21-44(29)33(46)31(37(2,3)4)40-35(48)53-23-38(15-16-38)14-7-6-8-17-52-30-11-9-10-24-20-43(22-28(24)30)36(49)54-26/h6,8-11,25-27,29,31H,5,7,12-23H2,1-4H3,(H,40,48)(H,41,45)(H,42,47)/t25-,26+,29-,31+,39-/m0/s1.